The van der Waals surface area contributed by atoms with Crippen LogP contribution in [0, 0.1) is 5.92 Å². The van der Waals surface area contributed by atoms with Gasteiger partial charge in [-0.1, -0.05) is 17.7 Å². The Balaban J connectivity index is 2.12. The van der Waals surface area contributed by atoms with Gasteiger partial charge in [-0.25, -0.2) is 4.98 Å². The van der Waals surface area contributed by atoms with Crippen molar-refractivity contribution < 1.29 is 4.74 Å². The van der Waals surface area contributed by atoms with Crippen LogP contribution in [0.25, 0.3) is 11.0 Å². The number of fused-ring (bicyclic) bond motifs is 1. The molecule has 1 saturated heterocycles. The first kappa shape index (κ1) is 13.2. The Kier molecular flexibility index (Phi) is 3.70. The van der Waals surface area contributed by atoms with Gasteiger partial charge in [0.05, 0.1) is 23.0 Å². The number of hydrogen-bond donors (Lipinski definition) is 0. The van der Waals surface area contributed by atoms with Gasteiger partial charge < -0.3 is 9.30 Å². The van der Waals surface area contributed by atoms with Crippen LogP contribution < -0.4 is 0 Å². The molecule has 2 atom stereocenters. The maximum absolute atomic E-state index is 6.22. The van der Waals surface area contributed by atoms with E-state index >= 15 is 0 Å². The lowest BCUT2D eigenvalue weighted by Crippen LogP contribution is -2.18. The molecule has 2 aromatic rings. The molecular formula is C14H16Cl2N2O. The number of benzene rings is 1. The highest BCUT2D eigenvalue weighted by molar-refractivity contribution is 6.35. The van der Waals surface area contributed by atoms with Crippen molar-refractivity contribution in [1.29, 1.82) is 0 Å². The summed E-state index contributed by atoms with van der Waals surface area (Å²) < 4.78 is 7.71. The quantitative estimate of drug-likeness (QED) is 0.800. The molecule has 3 nitrogen and oxygen atoms in total. The number of halogens is 2. The van der Waals surface area contributed by atoms with Crippen molar-refractivity contribution in [2.45, 2.75) is 25.3 Å². The van der Waals surface area contributed by atoms with Crippen LogP contribution in [0.3, 0.4) is 0 Å². The number of ether oxygens (including phenoxy) is 1. The Morgan fingerprint density at radius 3 is 3.05 bits per heavy atom. The van der Waals surface area contributed by atoms with E-state index in [0.29, 0.717) is 22.9 Å². The molecule has 0 N–H and O–H groups in total. The molecule has 1 aromatic heterocycles. The summed E-state index contributed by atoms with van der Waals surface area (Å²) in [5, 5.41) is 0.678. The third-order valence-electron chi connectivity index (χ3n) is 3.92. The molecule has 5 heteroatoms. The van der Waals surface area contributed by atoms with Gasteiger partial charge in [0, 0.05) is 18.6 Å². The van der Waals surface area contributed by atoms with E-state index in [2.05, 4.69) is 22.5 Å². The summed E-state index contributed by atoms with van der Waals surface area (Å²) in [4.78, 5) is 4.58. The number of para-hydroxylation sites is 1. The first-order chi connectivity index (χ1) is 9.22. The van der Waals surface area contributed by atoms with Gasteiger partial charge in [-0.15, -0.1) is 11.6 Å². The van der Waals surface area contributed by atoms with Gasteiger partial charge in [0.15, 0.2) is 0 Å². The highest BCUT2D eigenvalue weighted by Gasteiger charge is 2.26. The van der Waals surface area contributed by atoms with Crippen molar-refractivity contribution in [2.24, 2.45) is 5.92 Å². The maximum Gasteiger partial charge on any atom is 0.125 e. The normalized spacial score (nSPS) is 21.1. The summed E-state index contributed by atoms with van der Waals surface area (Å²) >= 11 is 12.3. The summed E-state index contributed by atoms with van der Waals surface area (Å²) in [6.07, 6.45) is 1.09. The minimum atomic E-state index is 0.319. The van der Waals surface area contributed by atoms with Crippen LogP contribution in [0.1, 0.15) is 25.2 Å². The summed E-state index contributed by atoms with van der Waals surface area (Å²) in [5.41, 5.74) is 1.90. The molecular weight excluding hydrogens is 283 g/mol. The lowest BCUT2D eigenvalue weighted by atomic mass is 10.0. The zero-order valence-electron chi connectivity index (χ0n) is 10.8. The number of hydrogen-bond acceptors (Lipinski definition) is 2. The molecule has 0 saturated carbocycles. The van der Waals surface area contributed by atoms with Crippen LogP contribution in [0.15, 0.2) is 18.2 Å². The molecule has 0 amide bonds. The van der Waals surface area contributed by atoms with Crippen molar-refractivity contribution in [3.8, 4) is 0 Å². The van der Waals surface area contributed by atoms with Crippen LogP contribution in [0.2, 0.25) is 5.02 Å². The molecule has 102 valence electrons. The third kappa shape index (κ3) is 2.24. The van der Waals surface area contributed by atoms with Gasteiger partial charge in [-0.3, -0.25) is 0 Å². The number of aromatic nitrogens is 2. The summed E-state index contributed by atoms with van der Waals surface area (Å²) in [5.74, 6) is 1.78. The Morgan fingerprint density at radius 2 is 2.37 bits per heavy atom. The average Bonchev–Trinajstić information content (AvgIpc) is 3.05. The molecule has 19 heavy (non-hydrogen) atoms. The van der Waals surface area contributed by atoms with Crippen molar-refractivity contribution in [1.82, 2.24) is 9.55 Å². The Hall–Kier alpha value is -0.770. The number of imidazole rings is 1. The molecule has 2 heterocycles. The second-order valence-electron chi connectivity index (χ2n) is 5.00. The smallest absolute Gasteiger partial charge is 0.125 e. The zero-order valence-corrected chi connectivity index (χ0v) is 12.3. The van der Waals surface area contributed by atoms with Gasteiger partial charge in [-0.2, -0.15) is 0 Å². The summed E-state index contributed by atoms with van der Waals surface area (Å²) in [6.45, 7) is 3.86. The van der Waals surface area contributed by atoms with Crippen LogP contribution >= 0.6 is 23.2 Å². The first-order valence-electron chi connectivity index (χ1n) is 6.51. The highest BCUT2D eigenvalue weighted by atomic mass is 35.5. The largest absolute Gasteiger partial charge is 0.381 e. The Bertz CT molecular complexity index is 590. The van der Waals surface area contributed by atoms with E-state index in [1.165, 1.54) is 0 Å². The number of rotatable bonds is 3. The Morgan fingerprint density at radius 1 is 1.53 bits per heavy atom. The Labute approximate surface area is 122 Å². The van der Waals surface area contributed by atoms with Gasteiger partial charge >= 0.3 is 0 Å². The van der Waals surface area contributed by atoms with E-state index in [0.717, 1.165) is 36.5 Å². The van der Waals surface area contributed by atoms with Gasteiger partial charge in [0.1, 0.15) is 11.3 Å². The number of nitrogens with zero attached hydrogens (tertiary/aromatic N) is 2. The molecule has 1 fully saturated rings. The van der Waals surface area contributed by atoms with Gasteiger partial charge in [0.2, 0.25) is 0 Å². The minimum Gasteiger partial charge on any atom is -0.381 e. The molecule has 1 aromatic carbocycles. The second-order valence-corrected chi connectivity index (χ2v) is 5.68. The van der Waals surface area contributed by atoms with Crippen molar-refractivity contribution in [3.05, 3.63) is 29.0 Å². The fourth-order valence-corrected chi connectivity index (χ4v) is 3.22. The predicted molar refractivity (Wildman–Crippen MR) is 77.9 cm³/mol. The zero-order chi connectivity index (χ0) is 13.4. The summed E-state index contributed by atoms with van der Waals surface area (Å²) in [7, 11) is 0. The standard InChI is InChI=1S/C14H16Cl2N2O/c1-9(10-5-6-19-8-10)18-12-4-2-3-11(16)14(12)17-13(18)7-15/h2-4,9-10H,5-8H2,1H3. The first-order valence-corrected chi connectivity index (χ1v) is 7.42. The molecule has 2 unspecified atom stereocenters. The van der Waals surface area contributed by atoms with E-state index < -0.39 is 0 Å². The topological polar surface area (TPSA) is 27.1 Å². The van der Waals surface area contributed by atoms with E-state index in [4.69, 9.17) is 27.9 Å². The summed E-state index contributed by atoms with van der Waals surface area (Å²) in [6, 6.07) is 6.19. The average molecular weight is 299 g/mol. The van der Waals surface area contributed by atoms with Gasteiger partial charge in [-0.05, 0) is 25.5 Å². The molecule has 1 aliphatic rings. The molecule has 0 spiro atoms. The third-order valence-corrected chi connectivity index (χ3v) is 4.46. The number of alkyl halides is 1. The van der Waals surface area contributed by atoms with Gasteiger partial charge in [0.25, 0.3) is 0 Å². The fraction of sp³-hybridized carbons (Fsp3) is 0.500. The SMILES string of the molecule is CC(C1CCOC1)n1c(CCl)nc2c(Cl)cccc21. The van der Waals surface area contributed by atoms with Crippen LogP contribution in [0.4, 0.5) is 0 Å². The lowest BCUT2D eigenvalue weighted by Gasteiger charge is -2.22. The van der Waals surface area contributed by atoms with E-state index in [1.54, 1.807) is 0 Å². The molecule has 0 bridgehead atoms. The minimum absolute atomic E-state index is 0.319. The van der Waals surface area contributed by atoms with Crippen molar-refractivity contribution in [3.63, 3.8) is 0 Å². The van der Waals surface area contributed by atoms with Crippen LogP contribution in [0.5, 0.6) is 0 Å². The molecule has 1 aliphatic heterocycles. The molecule has 0 radical (unpaired) electrons. The second kappa shape index (κ2) is 5.31. The molecule has 0 aliphatic carbocycles. The monoisotopic (exact) mass is 298 g/mol. The van der Waals surface area contributed by atoms with Crippen LogP contribution in [-0.2, 0) is 10.6 Å². The van der Waals surface area contributed by atoms with Crippen LogP contribution in [-0.4, -0.2) is 22.8 Å². The maximum atomic E-state index is 6.22. The predicted octanol–water partition coefficient (Wildman–Crippen LogP) is 4.03. The molecule has 3 rings (SSSR count). The highest BCUT2D eigenvalue weighted by Crippen LogP contribution is 2.33. The van der Waals surface area contributed by atoms with Crippen molar-refractivity contribution in [2.75, 3.05) is 13.2 Å². The van der Waals surface area contributed by atoms with Crippen molar-refractivity contribution >= 4 is 34.2 Å². The van der Waals surface area contributed by atoms with E-state index in [9.17, 15) is 0 Å². The van der Waals surface area contributed by atoms with E-state index in [-0.39, 0.29) is 0 Å². The lowest BCUT2D eigenvalue weighted by molar-refractivity contribution is 0.175. The van der Waals surface area contributed by atoms with E-state index in [1.807, 2.05) is 12.1 Å². The fourth-order valence-electron chi connectivity index (χ4n) is 2.82.